The molecule has 1 atom stereocenters. The Bertz CT molecular complexity index is 494. The third-order valence-electron chi connectivity index (χ3n) is 2.58. The number of rotatable bonds is 4. The van der Waals surface area contributed by atoms with Gasteiger partial charge in [0.15, 0.2) is 0 Å². The Labute approximate surface area is 117 Å². The van der Waals surface area contributed by atoms with Crippen LogP contribution in [0, 0.1) is 0 Å². The molecule has 4 heteroatoms. The number of pyridine rings is 1. The fraction of sp³-hybridized carbons (Fsp3) is 0.214. The largest absolute Gasteiger partial charge is 0.324 e. The quantitative estimate of drug-likeness (QED) is 0.858. The summed E-state index contributed by atoms with van der Waals surface area (Å²) < 4.78 is 0. The van der Waals surface area contributed by atoms with E-state index in [0.717, 1.165) is 21.4 Å². The number of hydrogen-bond donors (Lipinski definition) is 1. The summed E-state index contributed by atoms with van der Waals surface area (Å²) >= 11 is 7.55. The van der Waals surface area contributed by atoms with Crippen molar-refractivity contribution in [1.29, 1.82) is 0 Å². The molecule has 2 rings (SSSR count). The van der Waals surface area contributed by atoms with Gasteiger partial charge < -0.3 is 5.73 Å². The molecule has 0 aliphatic heterocycles. The molecule has 0 unspecified atom stereocenters. The molecule has 2 aromatic rings. The second-order valence-corrected chi connectivity index (χ2v) is 5.57. The van der Waals surface area contributed by atoms with Crippen molar-refractivity contribution in [2.24, 2.45) is 5.73 Å². The predicted octanol–water partition coefficient (Wildman–Crippen LogP) is 4.05. The Hall–Kier alpha value is -1.03. The van der Waals surface area contributed by atoms with Crippen LogP contribution in [0.1, 0.15) is 24.1 Å². The fourth-order valence-electron chi connectivity index (χ4n) is 1.48. The molecule has 0 radical (unpaired) electrons. The number of nitrogens with two attached hydrogens (primary N) is 1. The molecule has 0 aliphatic rings. The first-order valence-electron chi connectivity index (χ1n) is 5.74. The zero-order valence-electron chi connectivity index (χ0n) is 10.1. The summed E-state index contributed by atoms with van der Waals surface area (Å²) in [6.45, 7) is 1.96. The van der Waals surface area contributed by atoms with Crippen LogP contribution in [0.2, 0.25) is 5.02 Å². The lowest BCUT2D eigenvalue weighted by Crippen LogP contribution is -2.04. The van der Waals surface area contributed by atoms with Gasteiger partial charge in [0, 0.05) is 23.0 Å². The Morgan fingerprint density at radius 2 is 1.94 bits per heavy atom. The van der Waals surface area contributed by atoms with Crippen molar-refractivity contribution in [3.05, 3.63) is 58.7 Å². The van der Waals surface area contributed by atoms with Crippen LogP contribution in [-0.2, 0) is 5.75 Å². The van der Waals surface area contributed by atoms with Gasteiger partial charge in [-0.25, -0.2) is 4.98 Å². The number of aromatic nitrogens is 1. The maximum Gasteiger partial charge on any atom is 0.0963 e. The first-order valence-corrected chi connectivity index (χ1v) is 7.10. The highest BCUT2D eigenvalue weighted by Gasteiger charge is 2.01. The highest BCUT2D eigenvalue weighted by Crippen LogP contribution is 2.22. The van der Waals surface area contributed by atoms with Gasteiger partial charge in [0.2, 0.25) is 0 Å². The van der Waals surface area contributed by atoms with Crippen molar-refractivity contribution < 1.29 is 0 Å². The summed E-state index contributed by atoms with van der Waals surface area (Å²) in [6, 6.07) is 12.0. The average Bonchev–Trinajstić information content (AvgIpc) is 2.38. The summed E-state index contributed by atoms with van der Waals surface area (Å²) in [5, 5.41) is 1.78. The van der Waals surface area contributed by atoms with Gasteiger partial charge in [-0.05, 0) is 36.2 Å². The van der Waals surface area contributed by atoms with E-state index in [2.05, 4.69) is 4.98 Å². The number of thioether (sulfide) groups is 1. The van der Waals surface area contributed by atoms with Crippen molar-refractivity contribution in [2.75, 3.05) is 0 Å². The highest BCUT2D eigenvalue weighted by atomic mass is 35.5. The molecule has 0 spiro atoms. The predicted molar refractivity (Wildman–Crippen MR) is 77.9 cm³/mol. The molecule has 2 nitrogen and oxygen atoms in total. The lowest BCUT2D eigenvalue weighted by atomic mass is 10.2. The molecule has 0 saturated carbocycles. The first kappa shape index (κ1) is 13.4. The van der Waals surface area contributed by atoms with Crippen LogP contribution in [0.25, 0.3) is 0 Å². The van der Waals surface area contributed by atoms with Gasteiger partial charge in [-0.3, -0.25) is 0 Å². The third kappa shape index (κ3) is 3.73. The summed E-state index contributed by atoms with van der Waals surface area (Å²) in [7, 11) is 0. The molecule has 0 aliphatic carbocycles. The minimum absolute atomic E-state index is 0.0350. The van der Waals surface area contributed by atoms with Crippen LogP contribution in [0.15, 0.2) is 47.6 Å². The summed E-state index contributed by atoms with van der Waals surface area (Å²) in [5.74, 6) is 0.891. The minimum Gasteiger partial charge on any atom is -0.324 e. The second-order valence-electron chi connectivity index (χ2n) is 4.13. The van der Waals surface area contributed by atoms with Crippen molar-refractivity contribution in [2.45, 2.75) is 23.7 Å². The van der Waals surface area contributed by atoms with E-state index in [1.807, 2.05) is 49.5 Å². The highest BCUT2D eigenvalue weighted by molar-refractivity contribution is 7.98. The van der Waals surface area contributed by atoms with Crippen molar-refractivity contribution in [1.82, 2.24) is 4.98 Å². The van der Waals surface area contributed by atoms with E-state index in [0.29, 0.717) is 0 Å². The Morgan fingerprint density at radius 1 is 1.22 bits per heavy atom. The van der Waals surface area contributed by atoms with Gasteiger partial charge in [-0.2, -0.15) is 0 Å². The standard InChI is InChI=1S/C14H15ClN2S/c1-10(16)12-4-7-14(17-8-12)18-9-11-2-5-13(15)6-3-11/h2-8,10H,9,16H2,1H3/t10-/m1/s1. The van der Waals surface area contributed by atoms with Gasteiger partial charge in [-0.1, -0.05) is 29.8 Å². The molecule has 0 saturated heterocycles. The number of halogens is 1. The monoisotopic (exact) mass is 278 g/mol. The van der Waals surface area contributed by atoms with Crippen LogP contribution >= 0.6 is 23.4 Å². The molecular weight excluding hydrogens is 264 g/mol. The maximum atomic E-state index is 5.84. The van der Waals surface area contributed by atoms with Gasteiger partial charge in [0.1, 0.15) is 0 Å². The van der Waals surface area contributed by atoms with Crippen LogP contribution in [0.3, 0.4) is 0 Å². The smallest absolute Gasteiger partial charge is 0.0963 e. The molecule has 0 fully saturated rings. The van der Waals surface area contributed by atoms with Crippen molar-refractivity contribution in [3.63, 3.8) is 0 Å². The van der Waals surface area contributed by atoms with Gasteiger partial charge in [0.25, 0.3) is 0 Å². The topological polar surface area (TPSA) is 38.9 Å². The van der Waals surface area contributed by atoms with Crippen molar-refractivity contribution >= 4 is 23.4 Å². The Morgan fingerprint density at radius 3 is 2.50 bits per heavy atom. The van der Waals surface area contributed by atoms with Gasteiger partial charge in [-0.15, -0.1) is 11.8 Å². The molecule has 0 amide bonds. The zero-order valence-corrected chi connectivity index (χ0v) is 11.7. The number of nitrogens with zero attached hydrogens (tertiary/aromatic N) is 1. The SMILES string of the molecule is C[C@@H](N)c1ccc(SCc2ccc(Cl)cc2)nc1. The van der Waals surface area contributed by atoms with Crippen LogP contribution in [0.5, 0.6) is 0 Å². The maximum absolute atomic E-state index is 5.84. The van der Waals surface area contributed by atoms with E-state index >= 15 is 0 Å². The van der Waals surface area contributed by atoms with Crippen molar-refractivity contribution in [3.8, 4) is 0 Å². The van der Waals surface area contributed by atoms with Gasteiger partial charge >= 0.3 is 0 Å². The summed E-state index contributed by atoms with van der Waals surface area (Å²) in [5.41, 5.74) is 8.08. The second kappa shape index (κ2) is 6.23. The van der Waals surface area contributed by atoms with Crippen LogP contribution in [-0.4, -0.2) is 4.98 Å². The van der Waals surface area contributed by atoms with Crippen LogP contribution < -0.4 is 5.73 Å². The third-order valence-corrected chi connectivity index (χ3v) is 3.85. The summed E-state index contributed by atoms with van der Waals surface area (Å²) in [4.78, 5) is 4.39. The van der Waals surface area contributed by atoms with E-state index in [-0.39, 0.29) is 6.04 Å². The molecule has 0 bridgehead atoms. The molecule has 2 N–H and O–H groups in total. The molecule has 1 aromatic heterocycles. The van der Waals surface area contributed by atoms with E-state index in [9.17, 15) is 0 Å². The molecule has 1 heterocycles. The normalized spacial score (nSPS) is 12.4. The molecular formula is C14H15ClN2S. The first-order chi connectivity index (χ1) is 8.65. The number of hydrogen-bond acceptors (Lipinski definition) is 3. The Kier molecular flexibility index (Phi) is 4.64. The molecule has 18 heavy (non-hydrogen) atoms. The minimum atomic E-state index is 0.0350. The lowest BCUT2D eigenvalue weighted by molar-refractivity contribution is 0.806. The Balaban J connectivity index is 1.95. The molecule has 94 valence electrons. The van der Waals surface area contributed by atoms with Crippen LogP contribution in [0.4, 0.5) is 0 Å². The number of benzene rings is 1. The zero-order chi connectivity index (χ0) is 13.0. The fourth-order valence-corrected chi connectivity index (χ4v) is 2.41. The van der Waals surface area contributed by atoms with E-state index in [1.165, 1.54) is 5.56 Å². The van der Waals surface area contributed by atoms with Gasteiger partial charge in [0.05, 0.1) is 5.03 Å². The van der Waals surface area contributed by atoms with E-state index < -0.39 is 0 Å². The average molecular weight is 279 g/mol. The molecule has 1 aromatic carbocycles. The van der Waals surface area contributed by atoms with E-state index in [1.54, 1.807) is 11.8 Å². The lowest BCUT2D eigenvalue weighted by Gasteiger charge is -2.06. The summed E-state index contributed by atoms with van der Waals surface area (Å²) in [6.07, 6.45) is 1.84. The van der Waals surface area contributed by atoms with E-state index in [4.69, 9.17) is 17.3 Å².